The van der Waals surface area contributed by atoms with Gasteiger partial charge in [-0.1, -0.05) is 334 Å². The zero-order valence-electron chi connectivity index (χ0n) is 95.8. The lowest BCUT2D eigenvalue weighted by atomic mass is 9.78. The molecule has 0 bridgehead atoms. The van der Waals surface area contributed by atoms with E-state index in [0.29, 0.717) is 0 Å². The molecule has 10 heterocycles. The second-order valence-corrected chi connectivity index (χ2v) is 56.5. The molecule has 17 heteroatoms. The number of aromatic amines is 5. The van der Waals surface area contributed by atoms with Crippen molar-refractivity contribution < 1.29 is 0 Å². The topological polar surface area (TPSA) is 194 Å². The molecule has 0 saturated carbocycles. The zero-order chi connectivity index (χ0) is 103. The number of rotatable bonds is 0. The van der Waals surface area contributed by atoms with E-state index >= 15 is 0 Å². The summed E-state index contributed by atoms with van der Waals surface area (Å²) in [6.45, 7) is 132. The van der Waals surface area contributed by atoms with Gasteiger partial charge in [-0.15, -0.1) is 0 Å². The molecule has 764 valence electrons. The van der Waals surface area contributed by atoms with Gasteiger partial charge in [0.1, 0.15) is 5.82 Å². The molecule has 0 unspecified atom stereocenters. The zero-order valence-corrected chi connectivity index (χ0v) is 95.8. The van der Waals surface area contributed by atoms with Gasteiger partial charge in [-0.25, -0.2) is 9.97 Å². The molecule has 0 radical (unpaired) electrons. The van der Waals surface area contributed by atoms with E-state index in [9.17, 15) is 0 Å². The van der Waals surface area contributed by atoms with Crippen LogP contribution in [0.4, 0.5) is 0 Å². The van der Waals surface area contributed by atoms with Crippen LogP contribution in [0.25, 0.3) is 0 Å². The number of nitrogens with zero attached hydrogens (tertiary/aromatic N) is 12. The molecule has 0 amide bonds. The summed E-state index contributed by atoms with van der Waals surface area (Å²) in [6.07, 6.45) is 24.2. The van der Waals surface area contributed by atoms with Crippen LogP contribution < -0.4 is 0 Å². The highest BCUT2D eigenvalue weighted by atomic mass is 15.3. The van der Waals surface area contributed by atoms with Crippen molar-refractivity contribution in [1.82, 2.24) is 83.8 Å². The van der Waals surface area contributed by atoms with Gasteiger partial charge in [0.2, 0.25) is 0 Å². The first-order valence-corrected chi connectivity index (χ1v) is 48.1. The Labute approximate surface area is 821 Å². The summed E-state index contributed by atoms with van der Waals surface area (Å²) in [5.41, 5.74) is 21.5. The highest BCUT2D eigenvalue weighted by Gasteiger charge is 2.33. The van der Waals surface area contributed by atoms with Gasteiger partial charge in [0.15, 0.2) is 0 Å². The molecule has 10 aromatic heterocycles. The van der Waals surface area contributed by atoms with E-state index < -0.39 is 0 Å². The Hall–Kier alpha value is -7.69. The predicted molar refractivity (Wildman–Crippen MR) is 586 cm³/mol. The molecule has 0 saturated heterocycles. The number of H-pyrrole nitrogens is 5. The summed E-state index contributed by atoms with van der Waals surface area (Å²) in [7, 11) is 0. The van der Waals surface area contributed by atoms with Gasteiger partial charge in [-0.2, -0.15) is 25.5 Å². The van der Waals surface area contributed by atoms with Crippen molar-refractivity contribution in [3.63, 3.8) is 0 Å². The molecular formula is C116H215N17. The SMILES string of the molecule is C.C.C.CC(C)(C)c1c[nH]c(C(C)(C)C)c1.CC(C)(C)c1c[nH]cc1C(C)(C)C.CC(C)(C)c1cc(C(C)(C)C)[nH]n1.CC(C)(C)c1ccc(C(C)(C)C)[nH]1.CC(C)(C)c1ccn(C(C)(C)C)n1.CC(C)(C)c1ccnn1C(C)(C)C.CC(C)(C)c1cn[nH]c1C(C)(C)C.CC(C)(C)c1cncn1C(C)(C)C.CC(C)(C)c1cnn(C(C)(C)C)c1.CC(C)(C)c1nccn1C(C)(C)C. The molecule has 10 aromatic rings. The third kappa shape index (κ3) is 43.3. The minimum atomic E-state index is 0. The van der Waals surface area contributed by atoms with Gasteiger partial charge in [0.25, 0.3) is 0 Å². The quantitative estimate of drug-likeness (QED) is 0.0996. The third-order valence-electron chi connectivity index (χ3n) is 21.8. The van der Waals surface area contributed by atoms with Crippen LogP contribution in [0.3, 0.4) is 0 Å². The van der Waals surface area contributed by atoms with Crippen LogP contribution in [0.2, 0.25) is 0 Å². The van der Waals surface area contributed by atoms with Crippen LogP contribution in [-0.2, 0) is 109 Å². The fourth-order valence-corrected chi connectivity index (χ4v) is 13.0. The molecular weight excluding hydrogens is 1630 g/mol. The Morgan fingerprint density at radius 3 is 0.962 bits per heavy atom. The molecule has 10 rings (SSSR count). The van der Waals surface area contributed by atoms with E-state index in [2.05, 4.69) is 563 Å². The van der Waals surface area contributed by atoms with Crippen LogP contribution in [0.1, 0.15) is 523 Å². The molecule has 0 aromatic carbocycles. The summed E-state index contributed by atoms with van der Waals surface area (Å²) in [4.78, 5) is 18.7. The second-order valence-electron chi connectivity index (χ2n) is 56.5. The van der Waals surface area contributed by atoms with E-state index in [-0.39, 0.29) is 131 Å². The van der Waals surface area contributed by atoms with Gasteiger partial charge in [0.05, 0.1) is 46.7 Å². The van der Waals surface area contributed by atoms with Crippen molar-refractivity contribution in [2.24, 2.45) is 0 Å². The largest absolute Gasteiger partial charge is 0.367 e. The number of aromatic nitrogens is 17. The van der Waals surface area contributed by atoms with Crippen LogP contribution >= 0.6 is 0 Å². The van der Waals surface area contributed by atoms with Crippen molar-refractivity contribution >= 4 is 0 Å². The first-order valence-electron chi connectivity index (χ1n) is 48.1. The summed E-state index contributed by atoms with van der Waals surface area (Å²) in [5, 5.41) is 28.0. The number of hydrogen-bond donors (Lipinski definition) is 5. The van der Waals surface area contributed by atoms with Crippen molar-refractivity contribution in [3.05, 3.63) is 196 Å². The molecule has 0 fully saturated rings. The lowest BCUT2D eigenvalue weighted by Gasteiger charge is -2.29. The maximum Gasteiger partial charge on any atom is 0.114 e. The summed E-state index contributed by atoms with van der Waals surface area (Å²) < 4.78 is 10.6. The Kier molecular flexibility index (Phi) is 44.9. The summed E-state index contributed by atoms with van der Waals surface area (Å²) in [6, 6.07) is 13.0. The van der Waals surface area contributed by atoms with E-state index in [1.807, 2.05) is 46.7 Å². The lowest BCUT2D eigenvalue weighted by Crippen LogP contribution is -2.29. The first-order chi connectivity index (χ1) is 57.2. The van der Waals surface area contributed by atoms with Gasteiger partial charge in [-0.3, -0.25) is 24.2 Å². The number of hydrogen-bond acceptors (Lipinski definition) is 7. The van der Waals surface area contributed by atoms with Crippen LogP contribution in [0.15, 0.2) is 111 Å². The molecule has 0 spiro atoms. The van der Waals surface area contributed by atoms with Crippen molar-refractivity contribution in [2.45, 2.75) is 547 Å². The first kappa shape index (κ1) is 129. The van der Waals surface area contributed by atoms with Gasteiger partial charge in [0, 0.05) is 161 Å². The average molecular weight is 1850 g/mol. The van der Waals surface area contributed by atoms with Crippen molar-refractivity contribution in [3.8, 4) is 0 Å². The highest BCUT2D eigenvalue weighted by molar-refractivity contribution is 5.36. The third-order valence-corrected chi connectivity index (χ3v) is 21.8. The predicted octanol–water partition coefficient (Wildman–Crippen LogP) is 33.4. The van der Waals surface area contributed by atoms with E-state index in [1.54, 1.807) is 0 Å². The van der Waals surface area contributed by atoms with Gasteiger partial charge >= 0.3 is 0 Å². The fraction of sp³-hybridized carbons (Fsp3) is 0.716. The van der Waals surface area contributed by atoms with Gasteiger partial charge < -0.3 is 24.1 Å². The van der Waals surface area contributed by atoms with Crippen molar-refractivity contribution in [1.29, 1.82) is 0 Å². The maximum absolute atomic E-state index is 4.57. The Bertz CT molecular complexity index is 3890. The minimum absolute atomic E-state index is 0. The van der Waals surface area contributed by atoms with E-state index in [1.165, 1.54) is 67.7 Å². The fourth-order valence-electron chi connectivity index (χ4n) is 13.0. The summed E-state index contributed by atoms with van der Waals surface area (Å²) in [5.74, 6) is 1.15. The lowest BCUT2D eigenvalue weighted by molar-refractivity contribution is 0.322. The van der Waals surface area contributed by atoms with Crippen molar-refractivity contribution in [2.75, 3.05) is 0 Å². The minimum Gasteiger partial charge on any atom is -0.367 e. The van der Waals surface area contributed by atoms with Crippen LogP contribution in [0, 0.1) is 0 Å². The molecule has 0 aliphatic carbocycles. The van der Waals surface area contributed by atoms with Crippen LogP contribution in [0.5, 0.6) is 0 Å². The van der Waals surface area contributed by atoms with E-state index in [0.717, 1.165) is 17.2 Å². The maximum atomic E-state index is 4.57. The Balaban J connectivity index is -0.00000141. The summed E-state index contributed by atoms with van der Waals surface area (Å²) >= 11 is 0. The monoisotopic (exact) mass is 1850 g/mol. The highest BCUT2D eigenvalue weighted by Crippen LogP contribution is 2.38. The molecule has 0 aliphatic heterocycles. The molecule has 17 nitrogen and oxygen atoms in total. The smallest absolute Gasteiger partial charge is 0.114 e. The Morgan fingerprint density at radius 1 is 0.293 bits per heavy atom. The van der Waals surface area contributed by atoms with Crippen LogP contribution in [-0.4, -0.2) is 83.8 Å². The molecule has 5 N–H and O–H groups in total. The Morgan fingerprint density at radius 2 is 0.714 bits per heavy atom. The number of imidazole rings is 2. The average Bonchev–Trinajstić information content (AvgIpc) is 1.68. The van der Waals surface area contributed by atoms with Gasteiger partial charge in [-0.05, 0) is 195 Å². The molecule has 0 aliphatic rings. The van der Waals surface area contributed by atoms with E-state index in [4.69, 9.17) is 0 Å². The molecule has 0 atom stereocenters. The molecule has 133 heavy (non-hydrogen) atoms. The normalized spacial score (nSPS) is 13.1. The number of nitrogens with one attached hydrogen (secondary N) is 5. The standard InChI is InChI=1S/3C12H21N.7C11H20N2.3CH4/c1-11(2,3)9-7-13-8-10(9)12(4,5)6;1-11(2,3)9-7-10(13-8-9)12(4,5)6;1-11(2,3)9-7-8-10(13-9)12(4,5)6;1-10(2,3)9-7-12-8-13(9)11(4,5)6;1-10(2,3)9-7-12-13(8-9)11(4,5)6;1-10(2,3)9-12-7-8-13(9)11(4,5)6;1-10(2,3)8-7-12-13-9(8)11(4,5)6;1-10(2,3)9-7-8-13(12-9)11(4,5)6;1-10(2,3)9-7-8-12-13(9)11(4,5)6;1-10(2,3)8-7-9(13-12-8)11(4,5)6;;;/h3*7-8,13H,1-6H3;3*7-8H,1-6H3;7H,1-6H3,(H,12,13);2*7-8H,1-6H3;7H,1-6H3,(H,12,13);3*1H4. The second kappa shape index (κ2) is 46.2.